The second-order valence-electron chi connectivity index (χ2n) is 8.99. The third-order valence-corrected chi connectivity index (χ3v) is 8.12. The van der Waals surface area contributed by atoms with E-state index < -0.39 is 10.0 Å². The zero-order valence-electron chi connectivity index (χ0n) is 19.7. The Bertz CT molecular complexity index is 1260. The molecule has 186 valence electrons. The molecule has 4 rings (SSSR count). The number of hydrogen-bond acceptors (Lipinski definition) is 5. The number of halogens is 2. The van der Waals surface area contributed by atoms with Crippen LogP contribution in [0.1, 0.15) is 43.9 Å². The quantitative estimate of drug-likeness (QED) is 0.387. The fourth-order valence-electron chi connectivity index (χ4n) is 4.43. The highest BCUT2D eigenvalue weighted by Gasteiger charge is 2.24. The van der Waals surface area contributed by atoms with E-state index >= 15 is 0 Å². The fourth-order valence-corrected chi connectivity index (χ4v) is 5.54. The van der Waals surface area contributed by atoms with Crippen LogP contribution in [-0.2, 0) is 23.0 Å². The van der Waals surface area contributed by atoms with Crippen LogP contribution < -0.4 is 10.0 Å². The fraction of sp³-hybridized carbons (Fsp3) is 0.385. The van der Waals surface area contributed by atoms with Gasteiger partial charge in [0.1, 0.15) is 11.6 Å². The number of hydrogen-bond donors (Lipinski definition) is 2. The molecular formula is C26H30ClFN4O2S. The molecule has 2 aromatic heterocycles. The number of benzene rings is 1. The van der Waals surface area contributed by atoms with Gasteiger partial charge in [-0.05, 0) is 80.8 Å². The van der Waals surface area contributed by atoms with Crippen molar-refractivity contribution in [2.45, 2.75) is 51.6 Å². The summed E-state index contributed by atoms with van der Waals surface area (Å²) in [7, 11) is -3.17. The molecule has 1 aromatic carbocycles. The second-order valence-corrected chi connectivity index (χ2v) is 11.4. The Kier molecular flexibility index (Phi) is 8.36. The predicted molar refractivity (Wildman–Crippen MR) is 138 cm³/mol. The number of rotatable bonds is 9. The molecule has 0 radical (unpaired) electrons. The average molecular weight is 517 g/mol. The van der Waals surface area contributed by atoms with E-state index in [1.54, 1.807) is 19.2 Å². The zero-order chi connectivity index (χ0) is 24.8. The van der Waals surface area contributed by atoms with E-state index in [2.05, 4.69) is 15.0 Å². The van der Waals surface area contributed by atoms with Gasteiger partial charge in [0.25, 0.3) is 0 Å². The number of aromatic nitrogens is 2. The Morgan fingerprint density at radius 1 is 1.09 bits per heavy atom. The van der Waals surface area contributed by atoms with Gasteiger partial charge in [-0.25, -0.2) is 22.5 Å². The summed E-state index contributed by atoms with van der Waals surface area (Å²) >= 11 is 6.48. The van der Waals surface area contributed by atoms with E-state index in [0.29, 0.717) is 23.3 Å². The van der Waals surface area contributed by atoms with Crippen molar-refractivity contribution in [2.75, 3.05) is 11.1 Å². The first-order chi connectivity index (χ1) is 16.8. The van der Waals surface area contributed by atoms with Crippen molar-refractivity contribution < 1.29 is 12.8 Å². The lowest BCUT2D eigenvalue weighted by Gasteiger charge is -2.28. The molecule has 1 aliphatic carbocycles. The number of pyridine rings is 2. The normalized spacial score (nSPS) is 18.4. The van der Waals surface area contributed by atoms with Gasteiger partial charge in [0.05, 0.1) is 16.5 Å². The van der Waals surface area contributed by atoms with Crippen molar-refractivity contribution in [3.05, 3.63) is 76.8 Å². The first kappa shape index (κ1) is 25.5. The SMILES string of the molecule is CCS(=O)(=O)NC1CCC(Cc2cc(-c3cccc(NCc4cccc(F)c4)n3)c(Cl)cn2)CC1. The molecule has 0 saturated heterocycles. The minimum atomic E-state index is -3.17. The maximum absolute atomic E-state index is 13.4. The predicted octanol–water partition coefficient (Wildman–Crippen LogP) is 5.59. The molecule has 6 nitrogen and oxygen atoms in total. The van der Waals surface area contributed by atoms with Gasteiger partial charge in [0.2, 0.25) is 10.0 Å². The summed E-state index contributed by atoms with van der Waals surface area (Å²) in [5, 5.41) is 3.77. The van der Waals surface area contributed by atoms with Crippen LogP contribution in [0.25, 0.3) is 11.3 Å². The van der Waals surface area contributed by atoms with Crippen LogP contribution >= 0.6 is 11.6 Å². The van der Waals surface area contributed by atoms with Gasteiger partial charge in [-0.2, -0.15) is 0 Å². The van der Waals surface area contributed by atoms with Gasteiger partial charge in [0, 0.05) is 30.0 Å². The third-order valence-electron chi connectivity index (χ3n) is 6.37. The van der Waals surface area contributed by atoms with Crippen LogP contribution in [0.5, 0.6) is 0 Å². The molecule has 2 N–H and O–H groups in total. The maximum Gasteiger partial charge on any atom is 0.211 e. The molecule has 9 heteroatoms. The standard InChI is InChI=1S/C26H30ClFN4O2S/c1-2-35(33,34)32-21-11-9-18(10-12-21)14-22-15-23(24(27)17-29-22)25-7-4-8-26(31-25)30-16-19-5-3-6-20(28)13-19/h3-8,13,15,17-18,21,32H,2,9-12,14,16H2,1H3,(H,30,31). The summed E-state index contributed by atoms with van der Waals surface area (Å²) in [5.74, 6) is 0.970. The minimum Gasteiger partial charge on any atom is -0.366 e. The Hall–Kier alpha value is -2.55. The van der Waals surface area contributed by atoms with E-state index in [1.165, 1.54) is 12.1 Å². The molecule has 0 bridgehead atoms. The maximum atomic E-state index is 13.4. The summed E-state index contributed by atoms with van der Waals surface area (Å²) < 4.78 is 39.9. The van der Waals surface area contributed by atoms with Gasteiger partial charge in [-0.3, -0.25) is 4.98 Å². The van der Waals surface area contributed by atoms with Gasteiger partial charge >= 0.3 is 0 Å². The van der Waals surface area contributed by atoms with Crippen LogP contribution in [0.4, 0.5) is 10.2 Å². The molecule has 0 aliphatic heterocycles. The van der Waals surface area contributed by atoms with Crippen molar-refractivity contribution in [2.24, 2.45) is 5.92 Å². The summed E-state index contributed by atoms with van der Waals surface area (Å²) in [6.45, 7) is 2.11. The molecule has 0 unspecified atom stereocenters. The lowest BCUT2D eigenvalue weighted by Crippen LogP contribution is -2.38. The molecule has 35 heavy (non-hydrogen) atoms. The Labute approximate surface area is 211 Å². The zero-order valence-corrected chi connectivity index (χ0v) is 21.2. The first-order valence-corrected chi connectivity index (χ1v) is 13.9. The highest BCUT2D eigenvalue weighted by molar-refractivity contribution is 7.89. The first-order valence-electron chi connectivity index (χ1n) is 11.9. The molecule has 2 heterocycles. The monoisotopic (exact) mass is 516 g/mol. The third kappa shape index (κ3) is 7.22. The van der Waals surface area contributed by atoms with E-state index in [4.69, 9.17) is 16.6 Å². The Morgan fingerprint density at radius 2 is 1.86 bits per heavy atom. The number of sulfonamides is 1. The summed E-state index contributed by atoms with van der Waals surface area (Å²) in [6.07, 6.45) is 6.06. The number of nitrogens with zero attached hydrogens (tertiary/aromatic N) is 2. The molecule has 0 amide bonds. The van der Waals surface area contributed by atoms with Crippen molar-refractivity contribution in [1.82, 2.24) is 14.7 Å². The number of nitrogens with one attached hydrogen (secondary N) is 2. The Balaban J connectivity index is 1.40. The van der Waals surface area contributed by atoms with E-state index in [-0.39, 0.29) is 17.6 Å². The average Bonchev–Trinajstić information content (AvgIpc) is 2.85. The minimum absolute atomic E-state index is 0.0248. The number of anilines is 1. The topological polar surface area (TPSA) is 84.0 Å². The molecule has 0 atom stereocenters. The van der Waals surface area contributed by atoms with Gasteiger partial charge in [0.15, 0.2) is 0 Å². The van der Waals surface area contributed by atoms with E-state index in [0.717, 1.165) is 54.6 Å². The Morgan fingerprint density at radius 3 is 2.60 bits per heavy atom. The molecular weight excluding hydrogens is 487 g/mol. The van der Waals surface area contributed by atoms with E-state index in [1.807, 2.05) is 30.3 Å². The van der Waals surface area contributed by atoms with Gasteiger partial charge < -0.3 is 5.32 Å². The van der Waals surface area contributed by atoms with E-state index in [9.17, 15) is 12.8 Å². The molecule has 0 spiro atoms. The molecule has 1 saturated carbocycles. The van der Waals surface area contributed by atoms with Crippen molar-refractivity contribution in [3.8, 4) is 11.3 Å². The summed E-state index contributed by atoms with van der Waals surface area (Å²) in [4.78, 5) is 9.23. The van der Waals surface area contributed by atoms with Crippen LogP contribution in [-0.4, -0.2) is 30.2 Å². The highest BCUT2D eigenvalue weighted by atomic mass is 35.5. The summed E-state index contributed by atoms with van der Waals surface area (Å²) in [5.41, 5.74) is 3.33. The van der Waals surface area contributed by atoms with Crippen LogP contribution in [0.2, 0.25) is 5.02 Å². The van der Waals surface area contributed by atoms with Gasteiger partial charge in [-0.15, -0.1) is 0 Å². The lowest BCUT2D eigenvalue weighted by molar-refractivity contribution is 0.310. The largest absolute Gasteiger partial charge is 0.366 e. The lowest BCUT2D eigenvalue weighted by atomic mass is 9.83. The smallest absolute Gasteiger partial charge is 0.211 e. The van der Waals surface area contributed by atoms with Gasteiger partial charge in [-0.1, -0.05) is 29.8 Å². The second kappa shape index (κ2) is 11.5. The van der Waals surface area contributed by atoms with Crippen molar-refractivity contribution in [3.63, 3.8) is 0 Å². The van der Waals surface area contributed by atoms with Crippen LogP contribution in [0, 0.1) is 11.7 Å². The van der Waals surface area contributed by atoms with Crippen LogP contribution in [0.3, 0.4) is 0 Å². The molecule has 3 aromatic rings. The highest BCUT2D eigenvalue weighted by Crippen LogP contribution is 2.31. The summed E-state index contributed by atoms with van der Waals surface area (Å²) in [6, 6.07) is 14.2. The van der Waals surface area contributed by atoms with Crippen molar-refractivity contribution in [1.29, 1.82) is 0 Å². The van der Waals surface area contributed by atoms with Crippen LogP contribution in [0.15, 0.2) is 54.7 Å². The molecule has 1 aliphatic rings. The van der Waals surface area contributed by atoms with Crippen molar-refractivity contribution >= 4 is 27.4 Å². The molecule has 1 fully saturated rings.